The third kappa shape index (κ3) is 16.8. The van der Waals surface area contributed by atoms with Crippen molar-refractivity contribution in [3.63, 3.8) is 0 Å². The average molecular weight is 609 g/mol. The van der Waals surface area contributed by atoms with Gasteiger partial charge >= 0.3 is 0 Å². The molecule has 0 amide bonds. The molecule has 4 nitrogen and oxygen atoms in total. The molecule has 0 saturated carbocycles. The maximum Gasteiger partial charge on any atom is 0.193 e. The summed E-state index contributed by atoms with van der Waals surface area (Å²) in [5, 5.41) is 0. The quantitative estimate of drug-likeness (QED) is 0.0573. The molecule has 0 N–H and O–H groups in total. The number of hydrogen-bond acceptors (Lipinski definition) is 2. The van der Waals surface area contributed by atoms with Gasteiger partial charge in [0.05, 0.1) is 60.5 Å². The van der Waals surface area contributed by atoms with Crippen LogP contribution >= 0.6 is 0 Å². The van der Waals surface area contributed by atoms with Gasteiger partial charge in [0, 0.05) is 17.5 Å². The molecule has 0 heterocycles. The molecular weight excluding hydrogens is 540 g/mol. The summed E-state index contributed by atoms with van der Waals surface area (Å²) in [5.74, 6) is 0.897. The molecule has 44 heavy (non-hydrogen) atoms. The van der Waals surface area contributed by atoms with Crippen LogP contribution in [-0.4, -0.2) is 75.2 Å². The lowest BCUT2D eigenvalue weighted by atomic mass is 10.0. The minimum absolute atomic E-state index is 0.0535. The third-order valence-electron chi connectivity index (χ3n) is 9.36. The second-order valence-corrected chi connectivity index (χ2v) is 14.2. The summed E-state index contributed by atoms with van der Waals surface area (Å²) in [4.78, 5) is 12.6. The van der Waals surface area contributed by atoms with Gasteiger partial charge in [0.1, 0.15) is 5.75 Å². The highest BCUT2D eigenvalue weighted by Crippen LogP contribution is 2.17. The van der Waals surface area contributed by atoms with Crippen LogP contribution < -0.4 is 4.74 Å². The van der Waals surface area contributed by atoms with Crippen molar-refractivity contribution in [2.45, 2.75) is 117 Å². The molecule has 0 aliphatic carbocycles. The first kappa shape index (κ1) is 38.0. The van der Waals surface area contributed by atoms with Crippen molar-refractivity contribution in [3.05, 3.63) is 65.7 Å². The molecule has 248 valence electrons. The average Bonchev–Trinajstić information content (AvgIpc) is 3.02. The number of ketones is 1. The number of unbranched alkanes of at least 4 members (excludes halogenated alkanes) is 12. The Bertz CT molecular complexity index is 988. The largest absolute Gasteiger partial charge is 0.494 e. The van der Waals surface area contributed by atoms with Gasteiger partial charge in [-0.3, -0.25) is 4.79 Å². The topological polar surface area (TPSA) is 26.3 Å². The normalized spacial score (nSPS) is 13.1. The Morgan fingerprint density at radius 2 is 1.02 bits per heavy atom. The van der Waals surface area contributed by atoms with Crippen molar-refractivity contribution in [3.8, 4) is 5.75 Å². The highest BCUT2D eigenvalue weighted by atomic mass is 16.5. The minimum Gasteiger partial charge on any atom is -0.494 e. The molecule has 0 aliphatic rings. The second kappa shape index (κ2) is 22.4. The Morgan fingerprint density at radius 1 is 0.523 bits per heavy atom. The summed E-state index contributed by atoms with van der Waals surface area (Å²) >= 11 is 0. The van der Waals surface area contributed by atoms with Crippen LogP contribution in [0.1, 0.15) is 133 Å². The first-order valence-corrected chi connectivity index (χ1v) is 18.3. The summed E-state index contributed by atoms with van der Waals surface area (Å²) in [6.45, 7) is 11.9. The predicted octanol–water partition coefficient (Wildman–Crippen LogP) is 10.1. The van der Waals surface area contributed by atoms with E-state index in [-0.39, 0.29) is 5.78 Å². The fourth-order valence-corrected chi connectivity index (χ4v) is 6.49. The zero-order valence-electron chi connectivity index (χ0n) is 29.5. The number of hydrogen-bond donors (Lipinski definition) is 0. The molecule has 1 atom stereocenters. The van der Waals surface area contributed by atoms with Crippen LogP contribution in [0.2, 0.25) is 0 Å². The first-order valence-electron chi connectivity index (χ1n) is 18.3. The van der Waals surface area contributed by atoms with Gasteiger partial charge in [-0.25, -0.2) is 0 Å². The molecule has 1 unspecified atom stereocenters. The fraction of sp³-hybridized carbons (Fsp3) is 0.675. The second-order valence-electron chi connectivity index (χ2n) is 14.2. The van der Waals surface area contributed by atoms with Gasteiger partial charge in [0.25, 0.3) is 0 Å². The van der Waals surface area contributed by atoms with Crippen molar-refractivity contribution in [1.29, 1.82) is 0 Å². The summed E-state index contributed by atoms with van der Waals surface area (Å²) in [6.07, 6.45) is 21.6. The molecule has 2 aromatic rings. The molecule has 0 fully saturated rings. The van der Waals surface area contributed by atoms with Crippen molar-refractivity contribution in [1.82, 2.24) is 0 Å². The standard InChI is InChI=1S/C40H68N2O2/c1-6-8-9-10-11-12-13-14-15-21-32-41(3,4)33-24-35-42(5,31-7-2)34-22-16-17-23-36-44-39-29-27-38(28-30-39)40(43)37-25-19-18-20-26-37/h18-20,25-30H,6-17,21-24,31-36H2,1-5H3/q+2. The van der Waals surface area contributed by atoms with Crippen LogP contribution in [-0.2, 0) is 0 Å². The zero-order valence-corrected chi connectivity index (χ0v) is 29.5. The van der Waals surface area contributed by atoms with Gasteiger partial charge in [0.15, 0.2) is 5.78 Å². The number of benzene rings is 2. The first-order chi connectivity index (χ1) is 21.3. The van der Waals surface area contributed by atoms with Crippen molar-refractivity contribution >= 4 is 5.78 Å². The van der Waals surface area contributed by atoms with Crippen LogP contribution in [0.3, 0.4) is 0 Å². The molecule has 0 saturated heterocycles. The number of carbonyl (C=O) groups excluding carboxylic acids is 1. The van der Waals surface area contributed by atoms with E-state index in [1.54, 1.807) is 0 Å². The van der Waals surface area contributed by atoms with Gasteiger partial charge in [-0.15, -0.1) is 0 Å². The van der Waals surface area contributed by atoms with Crippen LogP contribution in [0.4, 0.5) is 0 Å². The van der Waals surface area contributed by atoms with Gasteiger partial charge in [0.2, 0.25) is 0 Å². The van der Waals surface area contributed by atoms with Crippen molar-refractivity contribution < 1.29 is 18.5 Å². The van der Waals surface area contributed by atoms with Crippen molar-refractivity contribution in [2.24, 2.45) is 0 Å². The SMILES string of the molecule is CCCCCCCCCCCC[N+](C)(C)CCC[N+](C)(CCC)CCCCCCOc1ccc(C(=O)c2ccccc2)cc1. The van der Waals surface area contributed by atoms with Gasteiger partial charge in [-0.2, -0.15) is 0 Å². The van der Waals surface area contributed by atoms with E-state index in [0.717, 1.165) is 24.3 Å². The van der Waals surface area contributed by atoms with Crippen LogP contribution in [0, 0.1) is 0 Å². The predicted molar refractivity (Wildman–Crippen MR) is 190 cm³/mol. The van der Waals surface area contributed by atoms with E-state index in [2.05, 4.69) is 35.0 Å². The molecule has 0 bridgehead atoms. The lowest BCUT2D eigenvalue weighted by Crippen LogP contribution is -2.48. The molecular formula is C40H68N2O2+2. The maximum atomic E-state index is 12.6. The molecule has 0 aliphatic heterocycles. The Labute approximate surface area is 272 Å². The Morgan fingerprint density at radius 3 is 1.64 bits per heavy atom. The number of quaternary nitrogens is 2. The monoisotopic (exact) mass is 609 g/mol. The van der Waals surface area contributed by atoms with Crippen molar-refractivity contribution in [2.75, 3.05) is 60.5 Å². The summed E-state index contributed by atoms with van der Waals surface area (Å²) in [6, 6.07) is 17.0. The lowest BCUT2D eigenvalue weighted by Gasteiger charge is -2.36. The molecule has 0 aromatic heterocycles. The van der Waals surface area contributed by atoms with Crippen LogP contribution in [0.5, 0.6) is 5.75 Å². The Balaban J connectivity index is 1.55. The fourth-order valence-electron chi connectivity index (χ4n) is 6.49. The number of ether oxygens (including phenoxy) is 1. The van der Waals surface area contributed by atoms with Crippen LogP contribution in [0.25, 0.3) is 0 Å². The van der Waals surface area contributed by atoms with Gasteiger partial charge < -0.3 is 13.7 Å². The molecule has 2 aromatic carbocycles. The highest BCUT2D eigenvalue weighted by Gasteiger charge is 2.22. The maximum absolute atomic E-state index is 12.6. The van der Waals surface area contributed by atoms with Gasteiger partial charge in [-0.1, -0.05) is 95.5 Å². The summed E-state index contributed by atoms with van der Waals surface area (Å²) in [7, 11) is 7.37. The van der Waals surface area contributed by atoms with E-state index < -0.39 is 0 Å². The van der Waals surface area contributed by atoms with E-state index in [1.165, 1.54) is 138 Å². The third-order valence-corrected chi connectivity index (χ3v) is 9.36. The molecule has 2 rings (SSSR count). The van der Waals surface area contributed by atoms with E-state index in [9.17, 15) is 4.79 Å². The van der Waals surface area contributed by atoms with E-state index in [4.69, 9.17) is 4.74 Å². The Kier molecular flexibility index (Phi) is 19.3. The van der Waals surface area contributed by atoms with E-state index in [1.807, 2.05) is 54.6 Å². The summed E-state index contributed by atoms with van der Waals surface area (Å²) in [5.41, 5.74) is 1.42. The Hall–Kier alpha value is -2.17. The summed E-state index contributed by atoms with van der Waals surface area (Å²) < 4.78 is 8.37. The van der Waals surface area contributed by atoms with E-state index in [0.29, 0.717) is 5.56 Å². The highest BCUT2D eigenvalue weighted by molar-refractivity contribution is 6.08. The number of rotatable bonds is 27. The van der Waals surface area contributed by atoms with Crippen LogP contribution in [0.15, 0.2) is 54.6 Å². The lowest BCUT2D eigenvalue weighted by molar-refractivity contribution is -0.921. The smallest absolute Gasteiger partial charge is 0.193 e. The molecule has 4 heteroatoms. The number of nitrogens with zero attached hydrogens (tertiary/aromatic N) is 2. The molecule has 0 radical (unpaired) electrons. The van der Waals surface area contributed by atoms with Gasteiger partial charge in [-0.05, 0) is 69.2 Å². The van der Waals surface area contributed by atoms with E-state index >= 15 is 0 Å². The minimum atomic E-state index is 0.0535. The zero-order chi connectivity index (χ0) is 31.9. The number of carbonyl (C=O) groups is 1. The molecule has 0 spiro atoms.